The first-order valence-electron chi connectivity index (χ1n) is 13.1. The summed E-state index contributed by atoms with van der Waals surface area (Å²) in [6.45, 7) is 11.5. The zero-order valence-corrected chi connectivity index (χ0v) is 22.7. The minimum Gasteiger partial charge on any atom is -0.457 e. The molecule has 0 amide bonds. The monoisotopic (exact) mass is 513 g/mol. The topological polar surface area (TPSA) is 89.0 Å². The summed E-state index contributed by atoms with van der Waals surface area (Å²) in [6, 6.07) is 5.99. The van der Waals surface area contributed by atoms with Crippen LogP contribution < -0.4 is 0 Å². The average molecular weight is 514 g/mol. The van der Waals surface area contributed by atoms with Crippen molar-refractivity contribution in [3.63, 3.8) is 0 Å². The van der Waals surface area contributed by atoms with Gasteiger partial charge in [0.25, 0.3) is 0 Å². The number of aryl methyl sites for hydroxylation is 1. The standard InChI is InChI=1S/C29H39NO5S/c1-6-8-20-13-17(2)9-7-10-22-24(34-22)15-23(19-11-12-25-21(14-19)30-18(3)36-25)35-27(32)16-26(31)29(4,5)28(20)33/h6,11-12,14,17,20,22-24,26,31H,1,7-10,13,15-16H2,2-5H3/t17-,20+,22?,23?,24+,26?/m0/s1. The van der Waals surface area contributed by atoms with Crippen molar-refractivity contribution in [3.8, 4) is 0 Å². The molecular weight excluding hydrogens is 474 g/mol. The number of aromatic nitrogens is 1. The van der Waals surface area contributed by atoms with E-state index in [0.29, 0.717) is 18.8 Å². The Bertz CT molecular complexity index is 1110. The largest absolute Gasteiger partial charge is 0.457 e. The molecule has 0 bridgehead atoms. The third-order valence-corrected chi connectivity index (χ3v) is 8.77. The molecule has 196 valence electrons. The van der Waals surface area contributed by atoms with Crippen molar-refractivity contribution in [3.05, 3.63) is 41.4 Å². The molecule has 6 atom stereocenters. The lowest BCUT2D eigenvalue weighted by Gasteiger charge is -2.33. The summed E-state index contributed by atoms with van der Waals surface area (Å²) in [6.07, 6.45) is 5.03. The van der Waals surface area contributed by atoms with E-state index < -0.39 is 23.6 Å². The van der Waals surface area contributed by atoms with Gasteiger partial charge in [-0.1, -0.05) is 45.8 Å². The van der Waals surface area contributed by atoms with Crippen LogP contribution in [0.2, 0.25) is 0 Å². The van der Waals surface area contributed by atoms with E-state index in [0.717, 1.165) is 46.5 Å². The van der Waals surface area contributed by atoms with Crippen LogP contribution in [0.1, 0.15) is 82.4 Å². The highest BCUT2D eigenvalue weighted by atomic mass is 32.1. The molecule has 36 heavy (non-hydrogen) atoms. The second-order valence-electron chi connectivity index (χ2n) is 11.2. The van der Waals surface area contributed by atoms with Gasteiger partial charge in [-0.25, -0.2) is 4.98 Å². The molecule has 3 heterocycles. The number of Topliss-reactive ketones (excluding diaryl/α,β-unsaturated/α-hetero) is 1. The Labute approximate surface area is 218 Å². The van der Waals surface area contributed by atoms with Crippen LogP contribution in [0.4, 0.5) is 0 Å². The van der Waals surface area contributed by atoms with Gasteiger partial charge in [-0.15, -0.1) is 17.9 Å². The predicted octanol–water partition coefficient (Wildman–Crippen LogP) is 6.10. The number of ether oxygens (including phenoxy) is 2. The molecule has 0 saturated carbocycles. The summed E-state index contributed by atoms with van der Waals surface area (Å²) in [5.74, 6) is -0.381. The van der Waals surface area contributed by atoms with E-state index in [9.17, 15) is 14.7 Å². The number of aliphatic hydroxyl groups is 1. The van der Waals surface area contributed by atoms with E-state index in [2.05, 4.69) is 18.5 Å². The summed E-state index contributed by atoms with van der Waals surface area (Å²) in [5.41, 5.74) is 0.697. The number of ketones is 1. The molecule has 2 aromatic rings. The number of fused-ring (bicyclic) bond motifs is 2. The van der Waals surface area contributed by atoms with Gasteiger partial charge in [0, 0.05) is 12.3 Å². The first kappa shape index (κ1) is 27.0. The van der Waals surface area contributed by atoms with E-state index >= 15 is 0 Å². The number of carbonyl (C=O) groups is 2. The SMILES string of the molecule is C=CC[C@@H]1C[C@@H](C)CCCC2O[C@@H]2CC(c2ccc3sc(C)nc3c2)OC(=O)CC(O)C(C)(C)C1=O. The summed E-state index contributed by atoms with van der Waals surface area (Å²) < 4.78 is 13.0. The lowest BCUT2D eigenvalue weighted by atomic mass is 9.72. The van der Waals surface area contributed by atoms with Crippen LogP contribution in [0.5, 0.6) is 0 Å². The van der Waals surface area contributed by atoms with Crippen molar-refractivity contribution in [2.45, 2.75) is 97.1 Å². The Morgan fingerprint density at radius 3 is 2.75 bits per heavy atom. The minimum absolute atomic E-state index is 0.0202. The molecule has 6 nitrogen and oxygen atoms in total. The molecule has 1 aromatic heterocycles. The Morgan fingerprint density at radius 2 is 2.00 bits per heavy atom. The van der Waals surface area contributed by atoms with Crippen LogP contribution in [0.25, 0.3) is 10.2 Å². The van der Waals surface area contributed by atoms with E-state index in [1.165, 1.54) is 0 Å². The van der Waals surface area contributed by atoms with Crippen LogP contribution in [0.3, 0.4) is 0 Å². The van der Waals surface area contributed by atoms with Gasteiger partial charge in [0.15, 0.2) is 0 Å². The number of nitrogens with zero attached hydrogens (tertiary/aromatic N) is 1. The summed E-state index contributed by atoms with van der Waals surface area (Å²) >= 11 is 1.63. The number of cyclic esters (lactones) is 1. The molecule has 2 saturated heterocycles. The van der Waals surface area contributed by atoms with E-state index in [-0.39, 0.29) is 30.3 Å². The summed E-state index contributed by atoms with van der Waals surface area (Å²) in [4.78, 5) is 31.1. The third kappa shape index (κ3) is 6.24. The van der Waals surface area contributed by atoms with Gasteiger partial charge >= 0.3 is 5.97 Å². The minimum atomic E-state index is -1.14. The number of allylic oxidation sites excluding steroid dienone is 1. The molecule has 0 spiro atoms. The van der Waals surface area contributed by atoms with Crippen LogP contribution in [-0.2, 0) is 19.1 Å². The lowest BCUT2D eigenvalue weighted by Crippen LogP contribution is -2.42. The second kappa shape index (κ2) is 11.1. The maximum absolute atomic E-state index is 13.5. The Hall–Kier alpha value is -2.09. The molecule has 7 heteroatoms. The molecule has 3 unspecified atom stereocenters. The third-order valence-electron chi connectivity index (χ3n) is 7.82. The molecule has 1 N–H and O–H groups in total. The summed E-state index contributed by atoms with van der Waals surface area (Å²) in [5, 5.41) is 12.0. The number of hydrogen-bond acceptors (Lipinski definition) is 7. The van der Waals surface area contributed by atoms with Crippen molar-refractivity contribution in [2.75, 3.05) is 0 Å². The normalized spacial score (nSPS) is 32.0. The molecule has 0 aliphatic carbocycles. The van der Waals surface area contributed by atoms with Crippen LogP contribution in [0.15, 0.2) is 30.9 Å². The van der Waals surface area contributed by atoms with Crippen molar-refractivity contribution < 1.29 is 24.2 Å². The Morgan fingerprint density at radius 1 is 1.22 bits per heavy atom. The number of aliphatic hydroxyl groups excluding tert-OH is 1. The van der Waals surface area contributed by atoms with Gasteiger partial charge in [-0.3, -0.25) is 9.59 Å². The number of benzene rings is 1. The molecular formula is C29H39NO5S. The number of thiazole rings is 1. The van der Waals surface area contributed by atoms with Gasteiger partial charge in [-0.05, 0) is 49.8 Å². The molecule has 4 rings (SSSR count). The number of rotatable bonds is 3. The summed E-state index contributed by atoms with van der Waals surface area (Å²) in [7, 11) is 0. The maximum atomic E-state index is 13.5. The zero-order valence-electron chi connectivity index (χ0n) is 21.9. The quantitative estimate of drug-likeness (QED) is 0.303. The van der Waals surface area contributed by atoms with Gasteiger partial charge in [-0.2, -0.15) is 0 Å². The zero-order chi connectivity index (χ0) is 26.0. The molecule has 1 aromatic carbocycles. The van der Waals surface area contributed by atoms with Crippen molar-refractivity contribution in [1.29, 1.82) is 0 Å². The molecule has 2 aliphatic heterocycles. The average Bonchev–Trinajstić information content (AvgIpc) is 3.43. The van der Waals surface area contributed by atoms with E-state index in [1.54, 1.807) is 31.3 Å². The van der Waals surface area contributed by atoms with E-state index in [1.807, 2.05) is 25.1 Å². The highest BCUT2D eigenvalue weighted by Gasteiger charge is 2.43. The van der Waals surface area contributed by atoms with Gasteiger partial charge in [0.1, 0.15) is 11.9 Å². The number of esters is 1. The Kier molecular flexibility index (Phi) is 8.32. The first-order chi connectivity index (χ1) is 17.1. The van der Waals surface area contributed by atoms with Crippen molar-refractivity contribution in [2.24, 2.45) is 17.3 Å². The van der Waals surface area contributed by atoms with Gasteiger partial charge < -0.3 is 14.6 Å². The molecule has 0 radical (unpaired) electrons. The van der Waals surface area contributed by atoms with Crippen LogP contribution in [0, 0.1) is 24.2 Å². The van der Waals surface area contributed by atoms with Gasteiger partial charge in [0.2, 0.25) is 0 Å². The van der Waals surface area contributed by atoms with Crippen molar-refractivity contribution >= 4 is 33.3 Å². The fraction of sp³-hybridized carbons (Fsp3) is 0.621. The highest BCUT2D eigenvalue weighted by molar-refractivity contribution is 7.18. The van der Waals surface area contributed by atoms with E-state index in [4.69, 9.17) is 9.47 Å². The number of hydrogen-bond donors (Lipinski definition) is 1. The fourth-order valence-electron chi connectivity index (χ4n) is 5.46. The van der Waals surface area contributed by atoms with Crippen molar-refractivity contribution in [1.82, 2.24) is 4.98 Å². The number of epoxide rings is 1. The van der Waals surface area contributed by atoms with Gasteiger partial charge in [0.05, 0.1) is 45.4 Å². The lowest BCUT2D eigenvalue weighted by molar-refractivity contribution is -0.155. The highest BCUT2D eigenvalue weighted by Crippen LogP contribution is 2.39. The number of carbonyl (C=O) groups excluding carboxylic acids is 2. The Balaban J connectivity index is 1.58. The molecule has 2 aliphatic rings. The first-order valence-corrected chi connectivity index (χ1v) is 14.0. The molecule has 2 fully saturated rings. The predicted molar refractivity (Wildman–Crippen MR) is 142 cm³/mol. The fourth-order valence-corrected chi connectivity index (χ4v) is 6.26. The second-order valence-corrected chi connectivity index (χ2v) is 12.4. The van der Waals surface area contributed by atoms with Crippen LogP contribution in [-0.4, -0.2) is 40.2 Å². The smallest absolute Gasteiger partial charge is 0.309 e. The van der Waals surface area contributed by atoms with Crippen LogP contribution >= 0.6 is 11.3 Å². The maximum Gasteiger partial charge on any atom is 0.309 e.